The van der Waals surface area contributed by atoms with E-state index in [9.17, 15) is 9.59 Å². The van der Waals surface area contributed by atoms with Crippen LogP contribution in [0.3, 0.4) is 0 Å². The number of methoxy groups -OCH3 is 1. The molecule has 0 saturated carbocycles. The molecule has 5 aromatic rings. The van der Waals surface area contributed by atoms with E-state index < -0.39 is 0 Å². The molecule has 7 nitrogen and oxygen atoms in total. The maximum atomic E-state index is 14.1. The zero-order valence-electron chi connectivity index (χ0n) is 25.7. The number of anilines is 1. The average Bonchev–Trinajstić information content (AvgIpc) is 3.48. The van der Waals surface area contributed by atoms with Crippen LogP contribution in [0.2, 0.25) is 0 Å². The summed E-state index contributed by atoms with van der Waals surface area (Å²) >= 11 is 0. The van der Waals surface area contributed by atoms with Crippen molar-refractivity contribution in [1.82, 2.24) is 14.8 Å². The van der Waals surface area contributed by atoms with Crippen molar-refractivity contribution in [3.63, 3.8) is 0 Å². The number of fused-ring (bicyclic) bond motifs is 1. The van der Waals surface area contributed by atoms with Crippen molar-refractivity contribution in [3.05, 3.63) is 132 Å². The number of nitrogens with zero attached hydrogens (tertiary/aromatic N) is 3. The second-order valence-corrected chi connectivity index (χ2v) is 11.2. The van der Waals surface area contributed by atoms with E-state index in [4.69, 9.17) is 4.74 Å². The second kappa shape index (κ2) is 14.4. The van der Waals surface area contributed by atoms with Crippen molar-refractivity contribution in [2.75, 3.05) is 45.7 Å². The molecule has 7 heteroatoms. The van der Waals surface area contributed by atoms with Gasteiger partial charge in [-0.25, -0.2) is 0 Å². The van der Waals surface area contributed by atoms with E-state index in [2.05, 4.69) is 46.3 Å². The van der Waals surface area contributed by atoms with Crippen LogP contribution in [0.5, 0.6) is 5.75 Å². The Labute approximate surface area is 259 Å². The summed E-state index contributed by atoms with van der Waals surface area (Å²) < 4.78 is 5.28. The van der Waals surface area contributed by atoms with Gasteiger partial charge in [-0.2, -0.15) is 0 Å². The van der Waals surface area contributed by atoms with Crippen LogP contribution in [0.25, 0.3) is 10.9 Å². The van der Waals surface area contributed by atoms with Gasteiger partial charge >= 0.3 is 0 Å². The molecule has 0 atom stereocenters. The third-order valence-electron chi connectivity index (χ3n) is 7.97. The molecule has 0 radical (unpaired) electrons. The van der Waals surface area contributed by atoms with Crippen molar-refractivity contribution in [1.29, 1.82) is 0 Å². The van der Waals surface area contributed by atoms with Crippen molar-refractivity contribution < 1.29 is 14.3 Å². The zero-order chi connectivity index (χ0) is 30.9. The Morgan fingerprint density at radius 3 is 2.11 bits per heavy atom. The number of nitrogens with one attached hydrogen (secondary N) is 1. The minimum Gasteiger partial charge on any atom is -0.497 e. The van der Waals surface area contributed by atoms with Gasteiger partial charge in [-0.1, -0.05) is 60.7 Å². The summed E-state index contributed by atoms with van der Waals surface area (Å²) in [6, 6.07) is 33.6. The van der Waals surface area contributed by atoms with Gasteiger partial charge in [0.2, 0.25) is 5.91 Å². The normalized spacial score (nSPS) is 10.9. The maximum Gasteiger partial charge on any atom is 0.254 e. The molecule has 0 aliphatic heterocycles. The summed E-state index contributed by atoms with van der Waals surface area (Å²) in [7, 11) is 5.62. The topological polar surface area (TPSA) is 68.9 Å². The fourth-order valence-electron chi connectivity index (χ4n) is 5.35. The quantitative estimate of drug-likeness (QED) is 0.178. The van der Waals surface area contributed by atoms with Crippen LogP contribution in [-0.2, 0) is 24.2 Å². The third kappa shape index (κ3) is 7.67. The predicted octanol–water partition coefficient (Wildman–Crippen LogP) is 6.20. The van der Waals surface area contributed by atoms with Gasteiger partial charge < -0.3 is 24.4 Å². The molecule has 0 saturated heterocycles. The number of benzene rings is 4. The molecule has 1 aromatic heterocycles. The van der Waals surface area contributed by atoms with E-state index >= 15 is 0 Å². The highest BCUT2D eigenvalue weighted by molar-refractivity contribution is 5.96. The molecule has 0 fully saturated rings. The molecule has 0 spiro atoms. The van der Waals surface area contributed by atoms with Crippen molar-refractivity contribution in [3.8, 4) is 5.75 Å². The lowest BCUT2D eigenvalue weighted by Crippen LogP contribution is -2.44. The number of H-pyrrole nitrogens is 1. The average molecular weight is 589 g/mol. The molecule has 44 heavy (non-hydrogen) atoms. The number of hydrogen-bond donors (Lipinski definition) is 1. The van der Waals surface area contributed by atoms with Crippen LogP contribution in [0.1, 0.15) is 27.0 Å². The Morgan fingerprint density at radius 1 is 0.727 bits per heavy atom. The fraction of sp³-hybridized carbons (Fsp3) is 0.243. The maximum absolute atomic E-state index is 14.1. The highest BCUT2D eigenvalue weighted by Gasteiger charge is 2.23. The monoisotopic (exact) mass is 588 g/mol. The number of para-hydroxylation sites is 1. The Balaban J connectivity index is 1.38. The van der Waals surface area contributed by atoms with Crippen LogP contribution in [0.4, 0.5) is 5.69 Å². The first-order chi connectivity index (χ1) is 21.4. The second-order valence-electron chi connectivity index (χ2n) is 11.2. The molecule has 1 heterocycles. The van der Waals surface area contributed by atoms with Crippen LogP contribution in [0.15, 0.2) is 109 Å². The summed E-state index contributed by atoms with van der Waals surface area (Å²) in [5.74, 6) is 0.414. The van der Waals surface area contributed by atoms with E-state index in [0.717, 1.165) is 33.3 Å². The zero-order valence-corrected chi connectivity index (χ0v) is 25.7. The highest BCUT2D eigenvalue weighted by atomic mass is 16.5. The molecule has 4 aromatic carbocycles. The Hall–Kier alpha value is -5.04. The van der Waals surface area contributed by atoms with Crippen LogP contribution >= 0.6 is 0 Å². The first-order valence-corrected chi connectivity index (χ1v) is 15.0. The summed E-state index contributed by atoms with van der Waals surface area (Å²) in [5, 5.41) is 1.16. The van der Waals surface area contributed by atoms with E-state index in [1.54, 1.807) is 36.3 Å². The van der Waals surface area contributed by atoms with E-state index in [1.807, 2.05) is 67.7 Å². The molecule has 1 N–H and O–H groups in total. The van der Waals surface area contributed by atoms with Gasteiger partial charge in [0.25, 0.3) is 5.91 Å². The summed E-state index contributed by atoms with van der Waals surface area (Å²) in [4.78, 5) is 36.8. The number of rotatable bonds is 13. The van der Waals surface area contributed by atoms with Crippen molar-refractivity contribution in [2.24, 2.45) is 0 Å². The third-order valence-corrected chi connectivity index (χ3v) is 7.97. The van der Waals surface area contributed by atoms with E-state index in [-0.39, 0.29) is 18.4 Å². The number of carbonyl (C=O) groups excluding carboxylic acids is 2. The number of aromatic nitrogens is 1. The first kappa shape index (κ1) is 30.4. The molecular formula is C37H40N4O3. The number of aromatic amines is 1. The molecule has 0 bridgehead atoms. The van der Waals surface area contributed by atoms with E-state index in [1.165, 1.54) is 0 Å². The molecule has 0 aliphatic rings. The Kier molecular flexibility index (Phi) is 9.97. The Bertz CT molecular complexity index is 1660. The smallest absolute Gasteiger partial charge is 0.254 e. The fourth-order valence-corrected chi connectivity index (χ4v) is 5.35. The van der Waals surface area contributed by atoms with Gasteiger partial charge in [0.1, 0.15) is 12.3 Å². The highest BCUT2D eigenvalue weighted by Crippen LogP contribution is 2.20. The molecule has 2 amide bonds. The van der Waals surface area contributed by atoms with Gasteiger partial charge in [-0.05, 0) is 72.0 Å². The molecular weight excluding hydrogens is 548 g/mol. The first-order valence-electron chi connectivity index (χ1n) is 15.0. The predicted molar refractivity (Wildman–Crippen MR) is 177 cm³/mol. The van der Waals surface area contributed by atoms with Crippen molar-refractivity contribution in [2.45, 2.75) is 19.4 Å². The summed E-state index contributed by atoms with van der Waals surface area (Å²) in [5.41, 5.74) is 6.03. The summed E-state index contributed by atoms with van der Waals surface area (Å²) in [6.07, 6.45) is 3.37. The van der Waals surface area contributed by atoms with Gasteiger partial charge in [0.15, 0.2) is 0 Å². The van der Waals surface area contributed by atoms with Gasteiger partial charge in [-0.15, -0.1) is 0 Å². The largest absolute Gasteiger partial charge is 0.497 e. The summed E-state index contributed by atoms with van der Waals surface area (Å²) in [6.45, 7) is 1.40. The number of hydrogen-bond acceptors (Lipinski definition) is 4. The molecule has 0 aliphatic carbocycles. The van der Waals surface area contributed by atoms with E-state index in [0.29, 0.717) is 43.8 Å². The lowest BCUT2D eigenvalue weighted by molar-refractivity contribution is -0.132. The van der Waals surface area contributed by atoms with Crippen LogP contribution in [-0.4, -0.2) is 67.4 Å². The molecule has 226 valence electrons. The van der Waals surface area contributed by atoms with Gasteiger partial charge in [-0.3, -0.25) is 9.59 Å². The van der Waals surface area contributed by atoms with Crippen LogP contribution in [0, 0.1) is 0 Å². The standard InChI is InChI=1S/C37H40N4O3/c1-39(2)32-17-13-29(14-18-32)26-40(24-22-31-25-38-35-12-8-7-11-34(31)35)36(42)27-41(23-21-28-9-5-4-6-10-28)37(43)30-15-19-33(44-3)20-16-30/h4-20,25,38H,21-24,26-27H2,1-3H3. The van der Waals surface area contributed by atoms with Gasteiger partial charge in [0.05, 0.1) is 7.11 Å². The number of amides is 2. The molecule has 0 unspecified atom stereocenters. The van der Waals surface area contributed by atoms with Crippen molar-refractivity contribution >= 4 is 28.4 Å². The minimum absolute atomic E-state index is 0.0125. The number of carbonyl (C=O) groups is 2. The van der Waals surface area contributed by atoms with Crippen LogP contribution < -0.4 is 9.64 Å². The minimum atomic E-state index is -0.177. The lowest BCUT2D eigenvalue weighted by Gasteiger charge is -2.28. The molecule has 5 rings (SSSR count). The number of ether oxygens (including phenoxy) is 1. The Morgan fingerprint density at radius 2 is 1.41 bits per heavy atom. The SMILES string of the molecule is COc1ccc(C(=O)N(CCc2ccccc2)CC(=O)N(CCc2c[nH]c3ccccc23)Cc2ccc(N(C)C)cc2)cc1. The lowest BCUT2D eigenvalue weighted by atomic mass is 10.1. The van der Waals surface area contributed by atoms with Gasteiger partial charge in [0, 0.05) is 62.1 Å².